The fourth-order valence-corrected chi connectivity index (χ4v) is 4.16. The van der Waals surface area contributed by atoms with Gasteiger partial charge in [-0.2, -0.15) is 0 Å². The molecule has 0 radical (unpaired) electrons. The van der Waals surface area contributed by atoms with Gasteiger partial charge in [0.1, 0.15) is 0 Å². The van der Waals surface area contributed by atoms with Gasteiger partial charge in [0.05, 0.1) is 11.8 Å². The number of fused-ring (bicyclic) bond motifs is 1. The minimum atomic E-state index is -0.828. The Morgan fingerprint density at radius 1 is 1.10 bits per heavy atom. The number of carbonyl (C=O) groups is 2. The van der Waals surface area contributed by atoms with Gasteiger partial charge in [0.2, 0.25) is 5.91 Å². The third kappa shape index (κ3) is 2.12. The predicted octanol–water partition coefficient (Wildman–Crippen LogP) is 1.04. The normalized spacial score (nSPS) is 36.3. The van der Waals surface area contributed by atoms with E-state index in [9.17, 15) is 14.7 Å². The first-order valence-electron chi connectivity index (χ1n) is 7.68. The van der Waals surface area contributed by atoms with E-state index in [2.05, 4.69) is 4.90 Å². The SMILES string of the molecule is CC1(C)C(C(=O)O)C1C(=O)N1CCCN2CCCC2C1. The van der Waals surface area contributed by atoms with Crippen LogP contribution in [0.3, 0.4) is 0 Å². The monoisotopic (exact) mass is 280 g/mol. The van der Waals surface area contributed by atoms with Crippen molar-refractivity contribution in [2.75, 3.05) is 26.2 Å². The van der Waals surface area contributed by atoms with Crippen LogP contribution in [0.5, 0.6) is 0 Å². The second kappa shape index (κ2) is 4.72. The Hall–Kier alpha value is -1.10. The Balaban J connectivity index is 1.70. The predicted molar refractivity (Wildman–Crippen MR) is 74.2 cm³/mol. The maximum absolute atomic E-state index is 12.7. The first-order valence-corrected chi connectivity index (χ1v) is 7.68. The minimum absolute atomic E-state index is 0.0659. The number of carboxylic acid groups (broad SMARTS) is 1. The molecule has 2 aliphatic heterocycles. The maximum Gasteiger partial charge on any atom is 0.307 e. The van der Waals surface area contributed by atoms with Gasteiger partial charge in [0.15, 0.2) is 0 Å². The topological polar surface area (TPSA) is 60.9 Å². The average molecular weight is 280 g/mol. The number of hydrogen-bond donors (Lipinski definition) is 1. The van der Waals surface area contributed by atoms with Gasteiger partial charge in [-0.05, 0) is 31.2 Å². The van der Waals surface area contributed by atoms with Gasteiger partial charge in [-0.15, -0.1) is 0 Å². The Kier molecular flexibility index (Phi) is 3.27. The van der Waals surface area contributed by atoms with Crippen LogP contribution in [0.2, 0.25) is 0 Å². The highest BCUT2D eigenvalue weighted by Gasteiger charge is 2.66. The number of rotatable bonds is 2. The smallest absolute Gasteiger partial charge is 0.307 e. The highest BCUT2D eigenvalue weighted by molar-refractivity contribution is 5.91. The molecule has 0 aromatic carbocycles. The molecule has 0 spiro atoms. The molecule has 2 heterocycles. The van der Waals surface area contributed by atoms with Crippen LogP contribution >= 0.6 is 0 Å². The van der Waals surface area contributed by atoms with Crippen LogP contribution in [0.4, 0.5) is 0 Å². The fourth-order valence-electron chi connectivity index (χ4n) is 4.16. The van der Waals surface area contributed by atoms with Gasteiger partial charge >= 0.3 is 5.97 Å². The average Bonchev–Trinajstić information content (AvgIpc) is 2.81. The van der Waals surface area contributed by atoms with Crippen LogP contribution in [0.15, 0.2) is 0 Å². The molecule has 3 atom stereocenters. The van der Waals surface area contributed by atoms with E-state index in [-0.39, 0.29) is 17.2 Å². The molecular formula is C15H24N2O3. The van der Waals surface area contributed by atoms with Crippen molar-refractivity contribution in [3.63, 3.8) is 0 Å². The van der Waals surface area contributed by atoms with Crippen molar-refractivity contribution in [2.24, 2.45) is 17.3 Å². The van der Waals surface area contributed by atoms with Crippen LogP contribution in [-0.4, -0.2) is 59.0 Å². The van der Waals surface area contributed by atoms with Gasteiger partial charge < -0.3 is 10.0 Å². The van der Waals surface area contributed by atoms with Gasteiger partial charge in [-0.25, -0.2) is 0 Å². The van der Waals surface area contributed by atoms with Crippen LogP contribution in [-0.2, 0) is 9.59 Å². The van der Waals surface area contributed by atoms with Crippen molar-refractivity contribution < 1.29 is 14.7 Å². The number of carboxylic acids is 1. The lowest BCUT2D eigenvalue weighted by molar-refractivity contribution is -0.142. The summed E-state index contributed by atoms with van der Waals surface area (Å²) in [6, 6.07) is 0.492. The molecule has 3 fully saturated rings. The molecule has 0 aromatic rings. The molecule has 3 aliphatic rings. The molecule has 0 bridgehead atoms. The van der Waals surface area contributed by atoms with Crippen molar-refractivity contribution in [1.29, 1.82) is 0 Å². The summed E-state index contributed by atoms with van der Waals surface area (Å²) in [5.74, 6) is -1.59. The highest BCUT2D eigenvalue weighted by atomic mass is 16.4. The summed E-state index contributed by atoms with van der Waals surface area (Å²) in [4.78, 5) is 28.3. The van der Waals surface area contributed by atoms with E-state index in [0.717, 1.165) is 32.6 Å². The first-order chi connectivity index (χ1) is 9.43. The lowest BCUT2D eigenvalue weighted by Crippen LogP contribution is -2.41. The Morgan fingerprint density at radius 3 is 2.45 bits per heavy atom. The molecule has 0 aromatic heterocycles. The summed E-state index contributed by atoms with van der Waals surface area (Å²) in [5, 5.41) is 9.23. The first kappa shape index (κ1) is 13.9. The molecule has 20 heavy (non-hydrogen) atoms. The summed E-state index contributed by atoms with van der Waals surface area (Å²) < 4.78 is 0. The summed E-state index contributed by atoms with van der Waals surface area (Å²) in [7, 11) is 0. The zero-order chi connectivity index (χ0) is 14.5. The van der Waals surface area contributed by atoms with E-state index < -0.39 is 11.9 Å². The van der Waals surface area contributed by atoms with Gasteiger partial charge in [-0.1, -0.05) is 13.8 Å². The molecular weight excluding hydrogens is 256 g/mol. The van der Waals surface area contributed by atoms with E-state index in [1.807, 2.05) is 18.7 Å². The summed E-state index contributed by atoms with van der Waals surface area (Å²) in [6.07, 6.45) is 3.40. The van der Waals surface area contributed by atoms with E-state index in [1.54, 1.807) is 0 Å². The highest BCUT2D eigenvalue weighted by Crippen LogP contribution is 2.59. The Morgan fingerprint density at radius 2 is 1.80 bits per heavy atom. The zero-order valence-corrected chi connectivity index (χ0v) is 12.3. The molecule has 3 rings (SSSR count). The van der Waals surface area contributed by atoms with Crippen LogP contribution in [0, 0.1) is 17.3 Å². The number of carbonyl (C=O) groups excluding carboxylic acids is 1. The maximum atomic E-state index is 12.7. The third-order valence-electron chi connectivity index (χ3n) is 5.47. The quantitative estimate of drug-likeness (QED) is 0.821. The van der Waals surface area contributed by atoms with Crippen LogP contribution < -0.4 is 0 Å². The van der Waals surface area contributed by atoms with E-state index in [0.29, 0.717) is 6.04 Å². The van der Waals surface area contributed by atoms with E-state index >= 15 is 0 Å². The Bertz CT molecular complexity index is 435. The standard InChI is InChI=1S/C15H24N2O3/c1-15(2)11(12(15)14(19)20)13(18)17-8-4-7-16-6-3-5-10(16)9-17/h10-12H,3-9H2,1-2H3,(H,19,20). The van der Waals surface area contributed by atoms with Gasteiger partial charge in [0, 0.05) is 25.7 Å². The Labute approximate surface area is 119 Å². The van der Waals surface area contributed by atoms with E-state index in [4.69, 9.17) is 0 Å². The second-order valence-corrected chi connectivity index (χ2v) is 7.08. The lowest BCUT2D eigenvalue weighted by atomic mass is 10.1. The second-order valence-electron chi connectivity index (χ2n) is 7.08. The largest absolute Gasteiger partial charge is 0.481 e. The summed E-state index contributed by atoms with van der Waals surface area (Å²) in [6.45, 7) is 7.59. The van der Waals surface area contributed by atoms with Crippen LogP contribution in [0.25, 0.3) is 0 Å². The molecule has 5 heteroatoms. The van der Waals surface area contributed by atoms with Crippen molar-refractivity contribution in [3.8, 4) is 0 Å². The molecule has 1 aliphatic carbocycles. The lowest BCUT2D eigenvalue weighted by Gasteiger charge is -2.26. The minimum Gasteiger partial charge on any atom is -0.481 e. The van der Waals surface area contributed by atoms with Crippen LogP contribution in [0.1, 0.15) is 33.1 Å². The summed E-state index contributed by atoms with van der Waals surface area (Å²) >= 11 is 0. The molecule has 1 N–H and O–H groups in total. The summed E-state index contributed by atoms with van der Waals surface area (Å²) in [5.41, 5.74) is -0.384. The number of amides is 1. The number of aliphatic carboxylic acids is 1. The molecule has 112 valence electrons. The number of hydrogen-bond acceptors (Lipinski definition) is 3. The molecule has 2 saturated heterocycles. The number of nitrogens with zero attached hydrogens (tertiary/aromatic N) is 2. The van der Waals surface area contributed by atoms with Gasteiger partial charge in [-0.3, -0.25) is 14.5 Å². The molecule has 1 amide bonds. The molecule has 1 saturated carbocycles. The van der Waals surface area contributed by atoms with Gasteiger partial charge in [0.25, 0.3) is 0 Å². The molecule has 3 unspecified atom stereocenters. The van der Waals surface area contributed by atoms with Crippen molar-refractivity contribution >= 4 is 11.9 Å². The molecule has 5 nitrogen and oxygen atoms in total. The van der Waals surface area contributed by atoms with Crippen molar-refractivity contribution in [1.82, 2.24) is 9.80 Å². The third-order valence-corrected chi connectivity index (χ3v) is 5.47. The zero-order valence-electron chi connectivity index (χ0n) is 12.3. The fraction of sp³-hybridized carbons (Fsp3) is 0.867. The van der Waals surface area contributed by atoms with E-state index in [1.165, 1.54) is 12.8 Å². The van der Waals surface area contributed by atoms with Crippen molar-refractivity contribution in [3.05, 3.63) is 0 Å². The van der Waals surface area contributed by atoms with Crippen molar-refractivity contribution in [2.45, 2.75) is 39.2 Å².